The fraction of sp³-hybridized carbons (Fsp3) is 0.579. The highest BCUT2D eigenvalue weighted by atomic mass is 19.3. The first-order valence-electron chi connectivity index (χ1n) is 9.20. The molecule has 0 saturated heterocycles. The first-order chi connectivity index (χ1) is 12.2. The van der Waals surface area contributed by atoms with Gasteiger partial charge in [-0.15, -0.1) is 10.2 Å². The van der Waals surface area contributed by atoms with E-state index in [0.29, 0.717) is 25.8 Å². The van der Waals surface area contributed by atoms with Crippen LogP contribution in [-0.4, -0.2) is 33.8 Å². The van der Waals surface area contributed by atoms with Crippen molar-refractivity contribution in [2.24, 2.45) is 0 Å². The fourth-order valence-corrected chi connectivity index (χ4v) is 3.38. The van der Waals surface area contributed by atoms with Gasteiger partial charge in [0.1, 0.15) is 11.6 Å². The molecule has 0 unspecified atom stereocenters. The van der Waals surface area contributed by atoms with E-state index in [-0.39, 0.29) is 0 Å². The van der Waals surface area contributed by atoms with Crippen LogP contribution in [0.25, 0.3) is 0 Å². The maximum Gasteiger partial charge on any atom is 0.253 e. The van der Waals surface area contributed by atoms with Gasteiger partial charge in [-0.3, -0.25) is 0 Å². The molecule has 25 heavy (non-hydrogen) atoms. The van der Waals surface area contributed by atoms with Gasteiger partial charge in [0.15, 0.2) is 0 Å². The zero-order chi connectivity index (χ0) is 17.5. The van der Waals surface area contributed by atoms with E-state index in [1.54, 1.807) is 0 Å². The molecule has 1 aliphatic heterocycles. The number of aryl methyl sites for hydroxylation is 2. The lowest BCUT2D eigenvalue weighted by atomic mass is 10.1. The van der Waals surface area contributed by atoms with Crippen LogP contribution in [0.5, 0.6) is 0 Å². The average molecular weight is 348 g/mol. The molecule has 0 aliphatic carbocycles. The Balaban J connectivity index is 1.49. The molecule has 0 radical (unpaired) electrons. The van der Waals surface area contributed by atoms with Crippen LogP contribution in [0, 0.1) is 0 Å². The minimum Gasteiger partial charge on any atom is -0.315 e. The molecular formula is C19H26F2N4. The van der Waals surface area contributed by atoms with Crippen LogP contribution < -0.4 is 5.32 Å². The number of hydrogen-bond acceptors (Lipinski definition) is 3. The fourth-order valence-electron chi connectivity index (χ4n) is 3.38. The number of halogens is 2. The second-order valence-electron chi connectivity index (χ2n) is 6.66. The predicted octanol–water partition coefficient (Wildman–Crippen LogP) is 3.40. The van der Waals surface area contributed by atoms with Crippen molar-refractivity contribution in [3.63, 3.8) is 0 Å². The number of alkyl halides is 2. The van der Waals surface area contributed by atoms with Crippen LogP contribution in [0.3, 0.4) is 0 Å². The molecular weight excluding hydrogens is 322 g/mol. The number of benzene rings is 1. The van der Waals surface area contributed by atoms with E-state index in [1.165, 1.54) is 6.42 Å². The molecule has 1 aliphatic rings. The Kier molecular flexibility index (Phi) is 6.50. The lowest BCUT2D eigenvalue weighted by molar-refractivity contribution is 0.0943. The SMILES string of the molecule is FC(F)[C@H](CCc1ccccc1)NCCc1nnc2n1CCCCC2. The summed E-state index contributed by atoms with van der Waals surface area (Å²) >= 11 is 0. The van der Waals surface area contributed by atoms with Crippen LogP contribution in [0.1, 0.15) is 42.9 Å². The van der Waals surface area contributed by atoms with Gasteiger partial charge in [0, 0.05) is 25.9 Å². The molecule has 0 bridgehead atoms. The van der Waals surface area contributed by atoms with E-state index < -0.39 is 12.5 Å². The summed E-state index contributed by atoms with van der Waals surface area (Å²) in [6.45, 7) is 1.45. The van der Waals surface area contributed by atoms with Crippen molar-refractivity contribution in [1.82, 2.24) is 20.1 Å². The summed E-state index contributed by atoms with van der Waals surface area (Å²) in [5, 5.41) is 11.5. The Morgan fingerprint density at radius 3 is 2.68 bits per heavy atom. The number of aromatic nitrogens is 3. The standard InChI is InChI=1S/C19H26F2N4/c20-19(21)16(11-10-15-7-3-1-4-8-15)22-13-12-18-24-23-17-9-5-2-6-14-25(17)18/h1,3-4,7-8,16,19,22H,2,5-6,9-14H2/t16-/m0/s1. The van der Waals surface area contributed by atoms with Crippen LogP contribution in [-0.2, 0) is 25.8 Å². The molecule has 4 nitrogen and oxygen atoms in total. The highest BCUT2D eigenvalue weighted by molar-refractivity contribution is 5.14. The van der Waals surface area contributed by atoms with E-state index in [9.17, 15) is 8.78 Å². The van der Waals surface area contributed by atoms with Gasteiger partial charge >= 0.3 is 0 Å². The van der Waals surface area contributed by atoms with Crippen molar-refractivity contribution in [3.8, 4) is 0 Å². The monoisotopic (exact) mass is 348 g/mol. The van der Waals surface area contributed by atoms with E-state index >= 15 is 0 Å². The molecule has 0 spiro atoms. The number of fused-ring (bicyclic) bond motifs is 1. The minimum absolute atomic E-state index is 0.430. The third-order valence-electron chi connectivity index (χ3n) is 4.83. The van der Waals surface area contributed by atoms with E-state index in [2.05, 4.69) is 20.1 Å². The molecule has 1 atom stereocenters. The second kappa shape index (κ2) is 9.04. The van der Waals surface area contributed by atoms with E-state index in [1.807, 2.05) is 30.3 Å². The Morgan fingerprint density at radius 2 is 1.88 bits per heavy atom. The van der Waals surface area contributed by atoms with Crippen LogP contribution >= 0.6 is 0 Å². The maximum absolute atomic E-state index is 13.3. The normalized spacial score (nSPS) is 15.8. The highest BCUT2D eigenvalue weighted by Crippen LogP contribution is 2.15. The van der Waals surface area contributed by atoms with Crippen molar-refractivity contribution in [1.29, 1.82) is 0 Å². The summed E-state index contributed by atoms with van der Waals surface area (Å²) in [6.07, 6.45) is 3.85. The predicted molar refractivity (Wildman–Crippen MR) is 93.8 cm³/mol. The van der Waals surface area contributed by atoms with Crippen molar-refractivity contribution in [2.45, 2.75) is 64.0 Å². The zero-order valence-corrected chi connectivity index (χ0v) is 14.5. The number of nitrogens with zero attached hydrogens (tertiary/aromatic N) is 3. The van der Waals surface area contributed by atoms with Crippen molar-refractivity contribution in [2.75, 3.05) is 6.54 Å². The first-order valence-corrected chi connectivity index (χ1v) is 9.20. The largest absolute Gasteiger partial charge is 0.315 e. The highest BCUT2D eigenvalue weighted by Gasteiger charge is 2.20. The smallest absolute Gasteiger partial charge is 0.253 e. The molecule has 2 heterocycles. The molecule has 136 valence electrons. The summed E-state index contributed by atoms with van der Waals surface area (Å²) in [5.74, 6) is 1.96. The number of nitrogens with one attached hydrogen (secondary N) is 1. The van der Waals surface area contributed by atoms with Gasteiger partial charge in [-0.05, 0) is 31.2 Å². The van der Waals surface area contributed by atoms with Crippen LogP contribution in [0.4, 0.5) is 8.78 Å². The minimum atomic E-state index is -2.36. The molecule has 6 heteroatoms. The molecule has 3 rings (SSSR count). The van der Waals surface area contributed by atoms with Crippen LogP contribution in [0.15, 0.2) is 30.3 Å². The molecule has 1 aromatic carbocycles. The first kappa shape index (κ1) is 18.0. The summed E-state index contributed by atoms with van der Waals surface area (Å²) in [4.78, 5) is 0. The average Bonchev–Trinajstić information content (AvgIpc) is 2.85. The quantitative estimate of drug-likeness (QED) is 0.795. The van der Waals surface area contributed by atoms with Gasteiger partial charge in [0.05, 0.1) is 6.04 Å². The number of hydrogen-bond donors (Lipinski definition) is 1. The number of rotatable bonds is 8. The Hall–Kier alpha value is -1.82. The third kappa shape index (κ3) is 5.08. The maximum atomic E-state index is 13.3. The van der Waals surface area contributed by atoms with Crippen molar-refractivity contribution in [3.05, 3.63) is 47.5 Å². The van der Waals surface area contributed by atoms with Gasteiger partial charge in [0.25, 0.3) is 6.43 Å². The summed E-state index contributed by atoms with van der Waals surface area (Å²) in [6, 6.07) is 9.00. The molecule has 0 amide bonds. The molecule has 1 aromatic heterocycles. The Morgan fingerprint density at radius 1 is 1.04 bits per heavy atom. The van der Waals surface area contributed by atoms with Gasteiger partial charge < -0.3 is 9.88 Å². The molecule has 0 fully saturated rings. The van der Waals surface area contributed by atoms with Gasteiger partial charge in [-0.1, -0.05) is 36.8 Å². The lowest BCUT2D eigenvalue weighted by Crippen LogP contribution is -2.37. The second-order valence-corrected chi connectivity index (χ2v) is 6.66. The van der Waals surface area contributed by atoms with Gasteiger partial charge in [-0.2, -0.15) is 0 Å². The van der Waals surface area contributed by atoms with Crippen molar-refractivity contribution < 1.29 is 8.78 Å². The molecule has 1 N–H and O–H groups in total. The third-order valence-corrected chi connectivity index (χ3v) is 4.83. The Labute approximate surface area is 147 Å². The molecule has 0 saturated carbocycles. The summed E-state index contributed by atoms with van der Waals surface area (Å²) in [5.41, 5.74) is 1.10. The van der Waals surface area contributed by atoms with Gasteiger partial charge in [-0.25, -0.2) is 8.78 Å². The zero-order valence-electron chi connectivity index (χ0n) is 14.5. The lowest BCUT2D eigenvalue weighted by Gasteiger charge is -2.18. The van der Waals surface area contributed by atoms with Crippen molar-refractivity contribution >= 4 is 0 Å². The van der Waals surface area contributed by atoms with Gasteiger partial charge in [0.2, 0.25) is 0 Å². The molecule has 2 aromatic rings. The summed E-state index contributed by atoms with van der Waals surface area (Å²) in [7, 11) is 0. The van der Waals surface area contributed by atoms with Crippen LogP contribution in [0.2, 0.25) is 0 Å². The summed E-state index contributed by atoms with van der Waals surface area (Å²) < 4.78 is 28.8. The van der Waals surface area contributed by atoms with E-state index in [0.717, 1.165) is 43.0 Å². The van der Waals surface area contributed by atoms with E-state index in [4.69, 9.17) is 0 Å². The topological polar surface area (TPSA) is 42.7 Å². The Bertz CT molecular complexity index is 642.